The van der Waals surface area contributed by atoms with Crippen molar-refractivity contribution in [2.24, 2.45) is 5.92 Å². The van der Waals surface area contributed by atoms with Crippen molar-refractivity contribution in [3.8, 4) is 0 Å². The van der Waals surface area contributed by atoms with E-state index in [1.807, 2.05) is 44.2 Å². The smallest absolute Gasteiger partial charge is 0.429 e. The molecule has 0 aromatic heterocycles. The second kappa shape index (κ2) is 8.95. The lowest BCUT2D eigenvalue weighted by Gasteiger charge is -2.44. The first-order valence-corrected chi connectivity index (χ1v) is 9.36. The second-order valence-electron chi connectivity index (χ2n) is 8.14. The van der Waals surface area contributed by atoms with Crippen LogP contribution in [-0.2, 0) is 20.9 Å². The Morgan fingerprint density at radius 3 is 2.43 bits per heavy atom. The molecule has 1 aromatic rings. The Morgan fingerprint density at radius 2 is 1.89 bits per heavy atom. The summed E-state index contributed by atoms with van der Waals surface area (Å²) in [6, 6.07) is 8.60. The van der Waals surface area contributed by atoms with Crippen LogP contribution in [0.25, 0.3) is 0 Å². The number of β-lactam (4-membered cyclic amide) rings is 1. The highest BCUT2D eigenvalue weighted by atomic mass is 16.6. The standard InChI is InChI=1S/C20H29N3O5/c1-14(2)11-23(19(26)27-13-15-9-7-6-8-10-15)22-12-16(17(22)24)21-18(25)28-20(3,4)5/h6-10,14,16H,11-13H2,1-5H3,(H,21,25)/t16-/m0/s1. The molecule has 1 heterocycles. The van der Waals surface area contributed by atoms with E-state index < -0.39 is 23.8 Å². The molecule has 1 aliphatic heterocycles. The zero-order valence-electron chi connectivity index (χ0n) is 17.1. The fourth-order valence-electron chi connectivity index (χ4n) is 2.59. The molecule has 1 N–H and O–H groups in total. The number of hydrogen-bond acceptors (Lipinski definition) is 5. The molecule has 154 valence electrons. The van der Waals surface area contributed by atoms with Gasteiger partial charge in [-0.3, -0.25) is 4.79 Å². The average Bonchev–Trinajstić information content (AvgIpc) is 2.60. The van der Waals surface area contributed by atoms with E-state index in [0.717, 1.165) is 5.56 Å². The van der Waals surface area contributed by atoms with Crippen LogP contribution in [0.15, 0.2) is 30.3 Å². The molecular formula is C20H29N3O5. The van der Waals surface area contributed by atoms with E-state index in [2.05, 4.69) is 5.32 Å². The van der Waals surface area contributed by atoms with Gasteiger partial charge in [-0.1, -0.05) is 44.2 Å². The maximum atomic E-state index is 12.5. The molecule has 1 fully saturated rings. The van der Waals surface area contributed by atoms with Crippen LogP contribution in [0.4, 0.5) is 9.59 Å². The van der Waals surface area contributed by atoms with Crippen LogP contribution in [-0.4, -0.2) is 52.8 Å². The van der Waals surface area contributed by atoms with Gasteiger partial charge in [0.2, 0.25) is 0 Å². The number of carbonyl (C=O) groups is 3. The fraction of sp³-hybridized carbons (Fsp3) is 0.550. The van der Waals surface area contributed by atoms with Gasteiger partial charge in [-0.2, -0.15) is 0 Å². The number of amides is 3. The topological polar surface area (TPSA) is 88.2 Å². The Bertz CT molecular complexity index is 700. The third-order valence-electron chi connectivity index (χ3n) is 3.84. The number of carbonyl (C=O) groups excluding carboxylic acids is 3. The van der Waals surface area contributed by atoms with Gasteiger partial charge < -0.3 is 14.8 Å². The zero-order chi connectivity index (χ0) is 20.9. The summed E-state index contributed by atoms with van der Waals surface area (Å²) in [5, 5.41) is 5.12. The van der Waals surface area contributed by atoms with Crippen molar-refractivity contribution in [3.63, 3.8) is 0 Å². The molecule has 2 rings (SSSR count). The van der Waals surface area contributed by atoms with Gasteiger partial charge in [0, 0.05) is 6.54 Å². The molecule has 0 aliphatic carbocycles. The van der Waals surface area contributed by atoms with E-state index in [4.69, 9.17) is 9.47 Å². The maximum Gasteiger partial charge on any atom is 0.429 e. The van der Waals surface area contributed by atoms with E-state index in [1.54, 1.807) is 20.8 Å². The molecule has 28 heavy (non-hydrogen) atoms. The van der Waals surface area contributed by atoms with Crippen molar-refractivity contribution < 1.29 is 23.9 Å². The second-order valence-corrected chi connectivity index (χ2v) is 8.14. The van der Waals surface area contributed by atoms with Gasteiger partial charge in [-0.15, -0.1) is 0 Å². The molecule has 3 amide bonds. The van der Waals surface area contributed by atoms with Crippen LogP contribution in [0, 0.1) is 5.92 Å². The van der Waals surface area contributed by atoms with Gasteiger partial charge in [0.05, 0.1) is 6.54 Å². The summed E-state index contributed by atoms with van der Waals surface area (Å²) in [4.78, 5) is 36.9. The van der Waals surface area contributed by atoms with E-state index >= 15 is 0 Å². The molecule has 1 saturated heterocycles. The summed E-state index contributed by atoms with van der Waals surface area (Å²) < 4.78 is 10.5. The number of benzene rings is 1. The van der Waals surface area contributed by atoms with Crippen LogP contribution in [0.3, 0.4) is 0 Å². The Balaban J connectivity index is 1.93. The molecular weight excluding hydrogens is 362 g/mol. The van der Waals surface area contributed by atoms with Crippen LogP contribution in [0.1, 0.15) is 40.2 Å². The first-order valence-electron chi connectivity index (χ1n) is 9.36. The molecule has 0 spiro atoms. The molecule has 0 unspecified atom stereocenters. The molecule has 8 heteroatoms. The van der Waals surface area contributed by atoms with Gasteiger partial charge in [-0.05, 0) is 32.3 Å². The summed E-state index contributed by atoms with van der Waals surface area (Å²) in [6.07, 6.45) is -1.26. The normalized spacial score (nSPS) is 16.4. The summed E-state index contributed by atoms with van der Waals surface area (Å²) >= 11 is 0. The van der Waals surface area contributed by atoms with Gasteiger partial charge in [0.15, 0.2) is 0 Å². The monoisotopic (exact) mass is 391 g/mol. The number of nitrogens with one attached hydrogen (secondary N) is 1. The van der Waals surface area contributed by atoms with Crippen LogP contribution in [0.2, 0.25) is 0 Å². The Hall–Kier alpha value is -2.77. The van der Waals surface area contributed by atoms with Crippen molar-refractivity contribution in [2.45, 2.75) is 52.9 Å². The van der Waals surface area contributed by atoms with Crippen molar-refractivity contribution in [3.05, 3.63) is 35.9 Å². The van der Waals surface area contributed by atoms with E-state index in [9.17, 15) is 14.4 Å². The van der Waals surface area contributed by atoms with Crippen molar-refractivity contribution in [2.75, 3.05) is 13.1 Å². The molecule has 8 nitrogen and oxygen atoms in total. The number of hydrazine groups is 1. The predicted octanol–water partition coefficient (Wildman–Crippen LogP) is 2.93. The Kier molecular flexibility index (Phi) is 6.88. The highest BCUT2D eigenvalue weighted by Crippen LogP contribution is 2.18. The number of rotatable bonds is 6. The van der Waals surface area contributed by atoms with E-state index in [0.29, 0.717) is 6.54 Å². The van der Waals surface area contributed by atoms with Gasteiger partial charge in [0.1, 0.15) is 18.2 Å². The number of nitrogens with zero attached hydrogens (tertiary/aromatic N) is 2. The quantitative estimate of drug-likeness (QED) is 0.753. The Labute approximate surface area is 165 Å². The third-order valence-corrected chi connectivity index (χ3v) is 3.84. The van der Waals surface area contributed by atoms with E-state index in [-0.39, 0.29) is 25.0 Å². The van der Waals surface area contributed by atoms with Gasteiger partial charge >= 0.3 is 12.2 Å². The van der Waals surface area contributed by atoms with Crippen molar-refractivity contribution in [1.82, 2.24) is 15.3 Å². The van der Waals surface area contributed by atoms with Crippen LogP contribution in [0.5, 0.6) is 0 Å². The SMILES string of the molecule is CC(C)CN(C(=O)OCc1ccccc1)N1C[C@H](NC(=O)OC(C)(C)C)C1=O. The maximum absolute atomic E-state index is 12.5. The molecule has 1 atom stereocenters. The average molecular weight is 391 g/mol. The van der Waals surface area contributed by atoms with Crippen molar-refractivity contribution >= 4 is 18.1 Å². The predicted molar refractivity (Wildman–Crippen MR) is 103 cm³/mol. The summed E-state index contributed by atoms with van der Waals surface area (Å²) in [6.45, 7) is 9.76. The lowest BCUT2D eigenvalue weighted by atomic mass is 10.1. The molecule has 0 bridgehead atoms. The van der Waals surface area contributed by atoms with Gasteiger partial charge in [-0.25, -0.2) is 19.6 Å². The van der Waals surface area contributed by atoms with Crippen molar-refractivity contribution in [1.29, 1.82) is 0 Å². The highest BCUT2D eigenvalue weighted by Gasteiger charge is 2.44. The first-order chi connectivity index (χ1) is 13.1. The number of alkyl carbamates (subject to hydrolysis) is 1. The molecule has 1 aromatic carbocycles. The van der Waals surface area contributed by atoms with Gasteiger partial charge in [0.25, 0.3) is 5.91 Å². The minimum atomic E-state index is -0.716. The fourth-order valence-corrected chi connectivity index (χ4v) is 2.59. The lowest BCUT2D eigenvalue weighted by molar-refractivity contribution is -0.166. The minimum absolute atomic E-state index is 0.121. The molecule has 0 saturated carbocycles. The Morgan fingerprint density at radius 1 is 1.25 bits per heavy atom. The summed E-state index contributed by atoms with van der Waals surface area (Å²) in [5.74, 6) is -0.238. The van der Waals surface area contributed by atoms with Crippen LogP contribution >= 0.6 is 0 Å². The molecule has 1 aliphatic rings. The largest absolute Gasteiger partial charge is 0.444 e. The number of hydrogen-bond donors (Lipinski definition) is 1. The molecule has 0 radical (unpaired) electrons. The highest BCUT2D eigenvalue weighted by molar-refractivity contribution is 5.92. The van der Waals surface area contributed by atoms with E-state index in [1.165, 1.54) is 10.0 Å². The zero-order valence-corrected chi connectivity index (χ0v) is 17.1. The minimum Gasteiger partial charge on any atom is -0.444 e. The first kappa shape index (κ1) is 21.5. The summed E-state index contributed by atoms with van der Waals surface area (Å²) in [5.41, 5.74) is 0.210. The lowest BCUT2D eigenvalue weighted by Crippen LogP contribution is -2.70. The number of ether oxygens (including phenoxy) is 2. The van der Waals surface area contributed by atoms with Crippen LogP contribution < -0.4 is 5.32 Å². The summed E-state index contributed by atoms with van der Waals surface area (Å²) in [7, 11) is 0. The third kappa shape index (κ3) is 6.14.